The van der Waals surface area contributed by atoms with Gasteiger partial charge in [-0.05, 0) is 32.0 Å². The predicted octanol–water partition coefficient (Wildman–Crippen LogP) is 2.19. The maximum atomic E-state index is 15.0. The lowest BCUT2D eigenvalue weighted by Crippen LogP contribution is -2.58. The highest BCUT2D eigenvalue weighted by molar-refractivity contribution is 5.94. The molecule has 2 saturated heterocycles. The molecule has 2 aromatic heterocycles. The van der Waals surface area contributed by atoms with Gasteiger partial charge in [-0.3, -0.25) is 9.78 Å². The van der Waals surface area contributed by atoms with E-state index in [0.29, 0.717) is 24.2 Å². The molecule has 0 spiro atoms. The highest BCUT2D eigenvalue weighted by Gasteiger charge is 2.48. The lowest BCUT2D eigenvalue weighted by molar-refractivity contribution is -0.234. The number of aromatic nitrogens is 2. The van der Waals surface area contributed by atoms with Gasteiger partial charge in [0.05, 0.1) is 31.5 Å². The molecule has 2 aliphatic rings. The smallest absolute Gasteiger partial charge is 0.364 e. The summed E-state index contributed by atoms with van der Waals surface area (Å²) in [5.41, 5.74) is -1.02. The number of hydrogen-bond acceptors (Lipinski definition) is 7. The second-order valence-electron chi connectivity index (χ2n) is 8.74. The summed E-state index contributed by atoms with van der Waals surface area (Å²) in [5.74, 6) is -0.807. The molecule has 4 heterocycles. The summed E-state index contributed by atoms with van der Waals surface area (Å²) >= 11 is 0. The van der Waals surface area contributed by atoms with E-state index in [4.69, 9.17) is 4.74 Å². The van der Waals surface area contributed by atoms with Crippen LogP contribution in [0.5, 0.6) is 0 Å². The van der Waals surface area contributed by atoms with Crippen molar-refractivity contribution in [2.45, 2.75) is 36.9 Å². The van der Waals surface area contributed by atoms with Gasteiger partial charge in [0.2, 0.25) is 0 Å². The van der Waals surface area contributed by atoms with Gasteiger partial charge >= 0.3 is 6.18 Å². The number of carbonyl (C=O) groups is 1. The number of likely N-dealkylation sites (tertiary alicyclic amines) is 1. The minimum Gasteiger partial charge on any atom is -0.364 e. The van der Waals surface area contributed by atoms with E-state index in [0.717, 1.165) is 0 Å². The number of nitrogens with one attached hydrogen (secondary N) is 1. The van der Waals surface area contributed by atoms with Gasteiger partial charge < -0.3 is 19.9 Å². The number of pyridine rings is 2. The number of nitriles is 1. The van der Waals surface area contributed by atoms with Gasteiger partial charge in [0.15, 0.2) is 17.9 Å². The minimum atomic E-state index is -4.72. The Kier molecular flexibility index (Phi) is 6.60. The van der Waals surface area contributed by atoms with Gasteiger partial charge in [0.1, 0.15) is 17.3 Å². The number of morpholine rings is 1. The van der Waals surface area contributed by atoms with E-state index in [1.165, 1.54) is 17.3 Å². The summed E-state index contributed by atoms with van der Waals surface area (Å²) < 4.78 is 61.1. The monoisotopic (exact) mass is 480 g/mol. The van der Waals surface area contributed by atoms with Crippen molar-refractivity contribution in [2.24, 2.45) is 0 Å². The van der Waals surface area contributed by atoms with E-state index in [9.17, 15) is 23.2 Å². The average molecular weight is 480 g/mol. The molecule has 4 rings (SSSR count). The number of alkyl halides is 4. The molecule has 2 unspecified atom stereocenters. The van der Waals surface area contributed by atoms with Crippen LogP contribution in [0.2, 0.25) is 0 Å². The van der Waals surface area contributed by atoms with Crippen LogP contribution >= 0.6 is 0 Å². The molecule has 12 heteroatoms. The third kappa shape index (κ3) is 5.05. The highest BCUT2D eigenvalue weighted by atomic mass is 19.4. The largest absolute Gasteiger partial charge is 0.416 e. The molecule has 0 bridgehead atoms. The van der Waals surface area contributed by atoms with Crippen LogP contribution in [0.25, 0.3) is 10.9 Å². The number of fused-ring (bicyclic) bond motifs is 1. The maximum absolute atomic E-state index is 15.0. The van der Waals surface area contributed by atoms with Crippen molar-refractivity contribution in [3.05, 3.63) is 30.2 Å². The summed E-state index contributed by atoms with van der Waals surface area (Å²) in [4.78, 5) is 24.3. The molecular weight excluding hydrogens is 456 g/mol. The molecule has 0 radical (unpaired) electrons. The third-order valence-corrected chi connectivity index (χ3v) is 6.29. The van der Waals surface area contributed by atoms with E-state index < -0.39 is 36.5 Å². The average Bonchev–Trinajstić information content (AvgIpc) is 2.83. The fourth-order valence-electron chi connectivity index (χ4n) is 4.23. The first kappa shape index (κ1) is 24.1. The van der Waals surface area contributed by atoms with E-state index >= 15 is 4.39 Å². The van der Waals surface area contributed by atoms with Crippen LogP contribution < -0.4 is 10.2 Å². The van der Waals surface area contributed by atoms with Crippen molar-refractivity contribution in [3.8, 4) is 6.07 Å². The Hall–Kier alpha value is -3.04. The number of ether oxygens (including phenoxy) is 1. The molecule has 34 heavy (non-hydrogen) atoms. The van der Waals surface area contributed by atoms with Crippen LogP contribution in [-0.4, -0.2) is 84.6 Å². The summed E-state index contributed by atoms with van der Waals surface area (Å²) in [6.45, 7) is 0.00972. The first-order chi connectivity index (χ1) is 16.1. The Morgan fingerprint density at radius 3 is 2.74 bits per heavy atom. The lowest BCUT2D eigenvalue weighted by atomic mass is 9.93. The van der Waals surface area contributed by atoms with Crippen molar-refractivity contribution in [1.82, 2.24) is 20.2 Å². The number of anilines is 1. The molecule has 0 aliphatic carbocycles. The second-order valence-corrected chi connectivity index (χ2v) is 8.74. The number of amides is 1. The van der Waals surface area contributed by atoms with Crippen LogP contribution in [0.4, 0.5) is 23.2 Å². The van der Waals surface area contributed by atoms with Gasteiger partial charge in [0.25, 0.3) is 5.91 Å². The molecule has 2 aliphatic heterocycles. The number of halogens is 4. The molecule has 0 saturated carbocycles. The topological polar surface area (TPSA) is 94.4 Å². The van der Waals surface area contributed by atoms with Crippen molar-refractivity contribution in [1.29, 1.82) is 5.26 Å². The van der Waals surface area contributed by atoms with E-state index in [2.05, 4.69) is 15.3 Å². The molecule has 2 atom stereocenters. The van der Waals surface area contributed by atoms with Crippen LogP contribution in [0, 0.1) is 11.3 Å². The first-order valence-corrected chi connectivity index (χ1v) is 10.9. The number of carbonyl (C=O) groups excluding carboxylic acids is 1. The molecule has 2 fully saturated rings. The van der Waals surface area contributed by atoms with Gasteiger partial charge in [-0.15, -0.1) is 0 Å². The molecule has 8 nitrogen and oxygen atoms in total. The Labute approximate surface area is 193 Å². The Morgan fingerprint density at radius 2 is 2.06 bits per heavy atom. The molecule has 0 aromatic carbocycles. The fraction of sp³-hybridized carbons (Fsp3) is 0.545. The summed E-state index contributed by atoms with van der Waals surface area (Å²) in [6, 6.07) is 5.14. The Bertz CT molecular complexity index is 1100. The van der Waals surface area contributed by atoms with Crippen LogP contribution in [0.15, 0.2) is 24.5 Å². The van der Waals surface area contributed by atoms with Gasteiger partial charge in [-0.1, -0.05) is 0 Å². The van der Waals surface area contributed by atoms with E-state index in [1.54, 1.807) is 12.1 Å². The SMILES string of the molecule is CN1CCC(F)(CNC(=O)C2CN(c3cnc(C#N)c4ncccc34)CC(C(F)(F)F)O2)CC1. The predicted molar refractivity (Wildman–Crippen MR) is 115 cm³/mol. The van der Waals surface area contributed by atoms with E-state index in [1.807, 2.05) is 18.0 Å². The van der Waals surface area contributed by atoms with Gasteiger partial charge in [-0.2, -0.15) is 18.4 Å². The number of hydrogen-bond donors (Lipinski definition) is 1. The van der Waals surface area contributed by atoms with Crippen molar-refractivity contribution >= 4 is 22.5 Å². The van der Waals surface area contributed by atoms with Crippen molar-refractivity contribution < 1.29 is 27.1 Å². The van der Waals surface area contributed by atoms with Crippen molar-refractivity contribution in [2.75, 3.05) is 44.7 Å². The zero-order valence-corrected chi connectivity index (χ0v) is 18.5. The molecule has 2 aromatic rings. The normalized spacial score (nSPS) is 23.5. The Balaban J connectivity index is 1.56. The minimum absolute atomic E-state index is 0.0423. The highest BCUT2D eigenvalue weighted by Crippen LogP contribution is 2.33. The Morgan fingerprint density at radius 1 is 1.32 bits per heavy atom. The summed E-state index contributed by atoms with van der Waals surface area (Å²) in [6.07, 6.45) is -5.23. The quantitative estimate of drug-likeness (QED) is 0.671. The van der Waals surface area contributed by atoms with Crippen LogP contribution in [-0.2, 0) is 9.53 Å². The van der Waals surface area contributed by atoms with Crippen LogP contribution in [0.3, 0.4) is 0 Å². The maximum Gasteiger partial charge on any atom is 0.416 e. The molecule has 1 N–H and O–H groups in total. The van der Waals surface area contributed by atoms with E-state index in [-0.39, 0.29) is 37.1 Å². The number of nitrogens with zero attached hydrogens (tertiary/aromatic N) is 5. The van der Waals surface area contributed by atoms with Gasteiger partial charge in [0, 0.05) is 24.7 Å². The first-order valence-electron chi connectivity index (χ1n) is 10.9. The lowest BCUT2D eigenvalue weighted by Gasteiger charge is -2.40. The zero-order chi connectivity index (χ0) is 24.5. The molecule has 182 valence electrons. The fourth-order valence-corrected chi connectivity index (χ4v) is 4.23. The second kappa shape index (κ2) is 9.31. The standard InChI is InChI=1S/C22H24F4N6O2/c1-31-7-4-21(23,5-8-31)13-30-20(33)17-11-32(12-18(34-17)22(24,25)26)16-10-29-15(9-27)19-14(16)3-2-6-28-19/h2-3,6,10,17-18H,4-5,7-8,11-13H2,1H3,(H,30,33). The third-order valence-electron chi connectivity index (χ3n) is 6.29. The number of piperidine rings is 1. The molecule has 1 amide bonds. The number of rotatable bonds is 4. The molecular formula is C22H24F4N6O2. The van der Waals surface area contributed by atoms with Gasteiger partial charge in [-0.25, -0.2) is 9.37 Å². The van der Waals surface area contributed by atoms with Crippen molar-refractivity contribution in [3.63, 3.8) is 0 Å². The summed E-state index contributed by atoms with van der Waals surface area (Å²) in [5, 5.41) is 12.2. The summed E-state index contributed by atoms with van der Waals surface area (Å²) in [7, 11) is 1.87. The van der Waals surface area contributed by atoms with Crippen LogP contribution in [0.1, 0.15) is 18.5 Å². The zero-order valence-electron chi connectivity index (χ0n) is 18.5.